The SMILES string of the molecule is CCN(CC)CCN(C)S(=O)(=O)c1ccc(OC)c(OC)c1.Cl. The molecule has 1 rings (SSSR count). The van der Waals surface area contributed by atoms with Gasteiger partial charge in [-0.25, -0.2) is 8.42 Å². The lowest BCUT2D eigenvalue weighted by atomic mass is 10.3. The largest absolute Gasteiger partial charge is 0.493 e. The van der Waals surface area contributed by atoms with Crippen molar-refractivity contribution in [1.82, 2.24) is 9.21 Å². The van der Waals surface area contributed by atoms with Gasteiger partial charge in [-0.2, -0.15) is 4.31 Å². The third-order valence-electron chi connectivity index (χ3n) is 3.69. The van der Waals surface area contributed by atoms with Crippen molar-refractivity contribution in [3.63, 3.8) is 0 Å². The van der Waals surface area contributed by atoms with E-state index in [1.165, 1.54) is 30.7 Å². The Kier molecular flexibility index (Phi) is 9.53. The van der Waals surface area contributed by atoms with Gasteiger partial charge in [-0.15, -0.1) is 12.4 Å². The second-order valence-electron chi connectivity index (χ2n) is 4.87. The lowest BCUT2D eigenvalue weighted by Gasteiger charge is -2.23. The molecule has 0 atom stereocenters. The number of hydrogen-bond acceptors (Lipinski definition) is 5. The van der Waals surface area contributed by atoms with Crippen molar-refractivity contribution in [1.29, 1.82) is 0 Å². The minimum absolute atomic E-state index is 0. The van der Waals surface area contributed by atoms with Crippen molar-refractivity contribution < 1.29 is 17.9 Å². The van der Waals surface area contributed by atoms with Crippen molar-refractivity contribution in [2.24, 2.45) is 0 Å². The van der Waals surface area contributed by atoms with Crippen LogP contribution in [0.2, 0.25) is 0 Å². The Morgan fingerprint density at radius 2 is 1.57 bits per heavy atom. The molecule has 0 aliphatic rings. The fourth-order valence-corrected chi connectivity index (χ4v) is 3.28. The average Bonchev–Trinajstić information content (AvgIpc) is 2.54. The van der Waals surface area contributed by atoms with Gasteiger partial charge in [0.2, 0.25) is 10.0 Å². The topological polar surface area (TPSA) is 59.1 Å². The molecule has 0 saturated heterocycles. The molecule has 0 amide bonds. The number of nitrogens with zero attached hydrogens (tertiary/aromatic N) is 2. The van der Waals surface area contributed by atoms with E-state index >= 15 is 0 Å². The van der Waals surface area contributed by atoms with Crippen molar-refractivity contribution in [2.75, 3.05) is 47.4 Å². The van der Waals surface area contributed by atoms with Crippen LogP contribution in [-0.4, -0.2) is 65.1 Å². The van der Waals surface area contributed by atoms with Crippen LogP contribution < -0.4 is 9.47 Å². The number of hydrogen-bond donors (Lipinski definition) is 0. The molecule has 0 heterocycles. The number of likely N-dealkylation sites (N-methyl/N-ethyl adjacent to an activating group) is 2. The van der Waals surface area contributed by atoms with Crippen LogP contribution in [0.1, 0.15) is 13.8 Å². The average molecular weight is 367 g/mol. The highest BCUT2D eigenvalue weighted by molar-refractivity contribution is 7.89. The van der Waals surface area contributed by atoms with Crippen LogP contribution >= 0.6 is 12.4 Å². The number of benzene rings is 1. The first-order valence-electron chi connectivity index (χ1n) is 7.31. The second kappa shape index (κ2) is 9.97. The highest BCUT2D eigenvalue weighted by atomic mass is 35.5. The van der Waals surface area contributed by atoms with Crippen LogP contribution in [0, 0.1) is 0 Å². The summed E-state index contributed by atoms with van der Waals surface area (Å²) in [7, 11) is 1.06. The molecule has 0 aliphatic heterocycles. The molecule has 0 bridgehead atoms. The van der Waals surface area contributed by atoms with Gasteiger partial charge in [-0.3, -0.25) is 0 Å². The fraction of sp³-hybridized carbons (Fsp3) is 0.600. The minimum Gasteiger partial charge on any atom is -0.493 e. The molecule has 0 fully saturated rings. The normalized spacial score (nSPS) is 11.4. The first-order chi connectivity index (χ1) is 10.4. The highest BCUT2D eigenvalue weighted by Gasteiger charge is 2.22. The Morgan fingerprint density at radius 3 is 2.04 bits per heavy atom. The van der Waals surface area contributed by atoms with E-state index < -0.39 is 10.0 Å². The highest BCUT2D eigenvalue weighted by Crippen LogP contribution is 2.30. The summed E-state index contributed by atoms with van der Waals surface area (Å²) in [5.41, 5.74) is 0. The Balaban J connectivity index is 0.00000484. The Bertz CT molecular complexity index is 577. The Morgan fingerprint density at radius 1 is 1.00 bits per heavy atom. The number of methoxy groups -OCH3 is 2. The second-order valence-corrected chi connectivity index (χ2v) is 6.92. The zero-order valence-electron chi connectivity index (χ0n) is 14.4. The van der Waals surface area contributed by atoms with Crippen molar-refractivity contribution in [3.05, 3.63) is 18.2 Å². The van der Waals surface area contributed by atoms with Crippen LogP contribution in [0.4, 0.5) is 0 Å². The summed E-state index contributed by atoms with van der Waals surface area (Å²) in [4.78, 5) is 2.38. The molecular weight excluding hydrogens is 340 g/mol. The summed E-state index contributed by atoms with van der Waals surface area (Å²) in [6, 6.07) is 4.62. The monoisotopic (exact) mass is 366 g/mol. The molecular formula is C15H27ClN2O4S. The van der Waals surface area contributed by atoms with E-state index in [9.17, 15) is 8.42 Å². The number of halogens is 1. The molecule has 0 N–H and O–H groups in total. The van der Waals surface area contributed by atoms with Crippen LogP contribution in [0.3, 0.4) is 0 Å². The number of ether oxygens (including phenoxy) is 2. The van der Waals surface area contributed by atoms with Gasteiger partial charge in [0.05, 0.1) is 19.1 Å². The first kappa shape index (κ1) is 22.0. The van der Waals surface area contributed by atoms with Gasteiger partial charge < -0.3 is 14.4 Å². The van der Waals surface area contributed by atoms with Gasteiger partial charge in [0.1, 0.15) is 0 Å². The van der Waals surface area contributed by atoms with Crippen LogP contribution in [0.15, 0.2) is 23.1 Å². The molecule has 6 nitrogen and oxygen atoms in total. The van der Waals surface area contributed by atoms with Gasteiger partial charge >= 0.3 is 0 Å². The summed E-state index contributed by atoms with van der Waals surface area (Å²) in [5, 5.41) is 0. The maximum atomic E-state index is 12.6. The molecule has 0 aromatic heterocycles. The lowest BCUT2D eigenvalue weighted by Crippen LogP contribution is -2.36. The quantitative estimate of drug-likeness (QED) is 0.669. The van der Waals surface area contributed by atoms with E-state index in [4.69, 9.17) is 9.47 Å². The van der Waals surface area contributed by atoms with Crippen molar-refractivity contribution >= 4 is 22.4 Å². The minimum atomic E-state index is -3.54. The molecule has 0 radical (unpaired) electrons. The number of sulfonamides is 1. The van der Waals surface area contributed by atoms with Crippen LogP contribution in [0.5, 0.6) is 11.5 Å². The predicted octanol–water partition coefficient (Wildman–Crippen LogP) is 2.09. The van der Waals surface area contributed by atoms with Gasteiger partial charge in [0, 0.05) is 26.2 Å². The van der Waals surface area contributed by atoms with E-state index in [1.54, 1.807) is 13.1 Å². The molecule has 0 spiro atoms. The van der Waals surface area contributed by atoms with E-state index in [0.29, 0.717) is 24.6 Å². The third kappa shape index (κ3) is 5.53. The molecule has 1 aromatic rings. The first-order valence-corrected chi connectivity index (χ1v) is 8.75. The maximum absolute atomic E-state index is 12.6. The molecule has 8 heteroatoms. The molecule has 1 aromatic carbocycles. The Hall–Kier alpha value is -1.02. The lowest BCUT2D eigenvalue weighted by molar-refractivity contribution is 0.282. The van der Waals surface area contributed by atoms with E-state index in [0.717, 1.165) is 13.1 Å². The molecule has 23 heavy (non-hydrogen) atoms. The summed E-state index contributed by atoms with van der Waals surface area (Å²) >= 11 is 0. The molecule has 0 unspecified atom stereocenters. The summed E-state index contributed by atoms with van der Waals surface area (Å²) < 4.78 is 36.9. The van der Waals surface area contributed by atoms with E-state index in [2.05, 4.69) is 18.7 Å². The predicted molar refractivity (Wildman–Crippen MR) is 94.4 cm³/mol. The smallest absolute Gasteiger partial charge is 0.242 e. The summed E-state index contributed by atoms with van der Waals surface area (Å²) in [5.74, 6) is 0.910. The molecule has 134 valence electrons. The number of rotatable bonds is 9. The zero-order valence-corrected chi connectivity index (χ0v) is 16.0. The van der Waals surface area contributed by atoms with E-state index in [-0.39, 0.29) is 17.3 Å². The van der Waals surface area contributed by atoms with Gasteiger partial charge in [-0.1, -0.05) is 13.8 Å². The molecule has 0 saturated carbocycles. The molecule has 0 aliphatic carbocycles. The summed E-state index contributed by atoms with van der Waals surface area (Å²) in [6.45, 7) is 7.08. The fourth-order valence-electron chi connectivity index (χ4n) is 2.10. The Labute approximate surface area is 145 Å². The summed E-state index contributed by atoms with van der Waals surface area (Å²) in [6.07, 6.45) is 0. The standard InChI is InChI=1S/C15H26N2O4S.ClH/c1-6-17(7-2)11-10-16(3)22(18,19)13-8-9-14(20-4)15(12-13)21-5;/h8-9,12H,6-7,10-11H2,1-5H3;1H. The van der Waals surface area contributed by atoms with E-state index in [1.807, 2.05) is 0 Å². The van der Waals surface area contributed by atoms with Crippen LogP contribution in [0.25, 0.3) is 0 Å². The maximum Gasteiger partial charge on any atom is 0.242 e. The van der Waals surface area contributed by atoms with Crippen LogP contribution in [-0.2, 0) is 10.0 Å². The van der Waals surface area contributed by atoms with Crippen molar-refractivity contribution in [2.45, 2.75) is 18.7 Å². The third-order valence-corrected chi connectivity index (χ3v) is 5.54. The van der Waals surface area contributed by atoms with Gasteiger partial charge in [0.15, 0.2) is 11.5 Å². The zero-order chi connectivity index (χ0) is 16.8. The van der Waals surface area contributed by atoms with Gasteiger partial charge in [0.25, 0.3) is 0 Å². The van der Waals surface area contributed by atoms with Gasteiger partial charge in [-0.05, 0) is 25.2 Å². The van der Waals surface area contributed by atoms with Crippen molar-refractivity contribution in [3.8, 4) is 11.5 Å².